The average Bonchev–Trinajstić information content (AvgIpc) is 2.96. The van der Waals surface area contributed by atoms with Gasteiger partial charge in [0.25, 0.3) is 0 Å². The van der Waals surface area contributed by atoms with Gasteiger partial charge in [0, 0.05) is 0 Å². The van der Waals surface area contributed by atoms with Crippen LogP contribution in [0.3, 0.4) is 0 Å². The van der Waals surface area contributed by atoms with Gasteiger partial charge in [0.1, 0.15) is 24.2 Å². The van der Waals surface area contributed by atoms with Gasteiger partial charge in [-0.1, -0.05) is 29.4 Å². The highest BCUT2D eigenvalue weighted by atomic mass is 16.5. The highest BCUT2D eigenvalue weighted by molar-refractivity contribution is 5.84. The summed E-state index contributed by atoms with van der Waals surface area (Å²) in [6, 6.07) is 6.18. The van der Waals surface area contributed by atoms with Gasteiger partial charge in [-0.3, -0.25) is 4.79 Å². The van der Waals surface area contributed by atoms with Gasteiger partial charge in [-0.05, 0) is 44.9 Å². The topological polar surface area (TPSA) is 102 Å². The molecular formula is C20H24N2O5. The molecule has 0 saturated carbocycles. The standard InChI is InChI=1S/C20H24N2O5/c1-4-5-6-18(20(24)25)21-19(23)11-15-7-9-16(10-8-15)26-12-17-13(2)22-27-14(17)3/h4-5,7-10,18H,6,11-12H2,1-3H3,(H,21,23)(H,24,25)/b5-4+. The van der Waals surface area contributed by atoms with Crippen LogP contribution in [0.15, 0.2) is 40.9 Å². The van der Waals surface area contributed by atoms with E-state index in [1.54, 1.807) is 43.3 Å². The maximum Gasteiger partial charge on any atom is 0.326 e. The summed E-state index contributed by atoms with van der Waals surface area (Å²) in [6.07, 6.45) is 3.82. The lowest BCUT2D eigenvalue weighted by molar-refractivity contribution is -0.141. The number of carboxylic acid groups (broad SMARTS) is 1. The van der Waals surface area contributed by atoms with E-state index in [0.29, 0.717) is 12.4 Å². The third-order valence-electron chi connectivity index (χ3n) is 4.09. The van der Waals surface area contributed by atoms with Gasteiger partial charge in [-0.15, -0.1) is 0 Å². The Kier molecular flexibility index (Phi) is 7.16. The first kappa shape index (κ1) is 20.2. The number of allylic oxidation sites excluding steroid dienone is 1. The van der Waals surface area contributed by atoms with E-state index in [0.717, 1.165) is 22.6 Å². The van der Waals surface area contributed by atoms with Crippen molar-refractivity contribution in [2.75, 3.05) is 0 Å². The molecule has 0 radical (unpaired) electrons. The summed E-state index contributed by atoms with van der Waals surface area (Å²) in [4.78, 5) is 23.3. The van der Waals surface area contributed by atoms with E-state index in [2.05, 4.69) is 10.5 Å². The van der Waals surface area contributed by atoms with Crippen molar-refractivity contribution in [3.8, 4) is 5.75 Å². The lowest BCUT2D eigenvalue weighted by Crippen LogP contribution is -2.41. The third-order valence-corrected chi connectivity index (χ3v) is 4.09. The van der Waals surface area contributed by atoms with Crippen LogP contribution in [0, 0.1) is 13.8 Å². The number of aromatic nitrogens is 1. The van der Waals surface area contributed by atoms with Gasteiger partial charge in [0.15, 0.2) is 0 Å². The molecule has 144 valence electrons. The number of carboxylic acids is 1. The first-order valence-corrected chi connectivity index (χ1v) is 8.67. The van der Waals surface area contributed by atoms with Crippen molar-refractivity contribution in [2.45, 2.75) is 46.3 Å². The van der Waals surface area contributed by atoms with Crippen molar-refractivity contribution in [3.05, 3.63) is 59.0 Å². The number of nitrogens with one attached hydrogen (secondary N) is 1. The fourth-order valence-corrected chi connectivity index (χ4v) is 2.49. The largest absolute Gasteiger partial charge is 0.489 e. The smallest absolute Gasteiger partial charge is 0.326 e. The number of hydrogen-bond donors (Lipinski definition) is 2. The van der Waals surface area contributed by atoms with Crippen molar-refractivity contribution >= 4 is 11.9 Å². The maximum atomic E-state index is 12.1. The average molecular weight is 372 g/mol. The van der Waals surface area contributed by atoms with Crippen molar-refractivity contribution in [2.24, 2.45) is 0 Å². The van der Waals surface area contributed by atoms with Crippen LogP contribution in [0.5, 0.6) is 5.75 Å². The zero-order valence-corrected chi connectivity index (χ0v) is 15.7. The van der Waals surface area contributed by atoms with E-state index in [4.69, 9.17) is 14.4 Å². The van der Waals surface area contributed by atoms with E-state index in [1.165, 1.54) is 0 Å². The van der Waals surface area contributed by atoms with Crippen molar-refractivity contribution < 1.29 is 24.0 Å². The van der Waals surface area contributed by atoms with Crippen LogP contribution in [0.25, 0.3) is 0 Å². The summed E-state index contributed by atoms with van der Waals surface area (Å²) >= 11 is 0. The maximum absolute atomic E-state index is 12.1. The molecule has 0 bridgehead atoms. The third kappa shape index (κ3) is 5.99. The minimum absolute atomic E-state index is 0.101. The van der Waals surface area contributed by atoms with Crippen LogP contribution in [0.2, 0.25) is 0 Å². The molecule has 1 atom stereocenters. The van der Waals surface area contributed by atoms with Crippen molar-refractivity contribution in [1.82, 2.24) is 10.5 Å². The number of hydrogen-bond acceptors (Lipinski definition) is 5. The zero-order chi connectivity index (χ0) is 19.8. The van der Waals surface area contributed by atoms with E-state index in [1.807, 2.05) is 13.8 Å². The molecule has 7 nitrogen and oxygen atoms in total. The molecule has 27 heavy (non-hydrogen) atoms. The number of aliphatic carboxylic acids is 1. The molecule has 0 aliphatic rings. The Bertz CT molecular complexity index is 789. The minimum Gasteiger partial charge on any atom is -0.489 e. The summed E-state index contributed by atoms with van der Waals surface area (Å²) in [5.74, 6) is 0.00293. The molecule has 1 amide bonds. The number of amides is 1. The Balaban J connectivity index is 1.89. The van der Waals surface area contributed by atoms with Crippen LogP contribution in [-0.4, -0.2) is 28.2 Å². The normalized spacial score (nSPS) is 12.1. The Morgan fingerprint density at radius 1 is 1.30 bits per heavy atom. The molecule has 1 aromatic carbocycles. The molecule has 0 spiro atoms. The van der Waals surface area contributed by atoms with Gasteiger partial charge in [0.2, 0.25) is 5.91 Å². The lowest BCUT2D eigenvalue weighted by atomic mass is 10.1. The molecule has 0 saturated heterocycles. The molecule has 0 aliphatic carbocycles. The van der Waals surface area contributed by atoms with E-state index >= 15 is 0 Å². The first-order chi connectivity index (χ1) is 12.9. The second-order valence-electron chi connectivity index (χ2n) is 6.18. The van der Waals surface area contributed by atoms with Crippen LogP contribution in [-0.2, 0) is 22.6 Å². The zero-order valence-electron chi connectivity index (χ0n) is 15.7. The predicted molar refractivity (Wildman–Crippen MR) is 99.5 cm³/mol. The molecule has 0 aliphatic heterocycles. The number of nitrogens with zero attached hydrogens (tertiary/aromatic N) is 1. The molecule has 1 aromatic heterocycles. The van der Waals surface area contributed by atoms with E-state index < -0.39 is 12.0 Å². The Hall–Kier alpha value is -3.09. The number of carbonyl (C=O) groups is 2. The second-order valence-corrected chi connectivity index (χ2v) is 6.18. The summed E-state index contributed by atoms with van der Waals surface area (Å²) < 4.78 is 10.8. The molecule has 0 fully saturated rings. The monoisotopic (exact) mass is 372 g/mol. The summed E-state index contributed by atoms with van der Waals surface area (Å²) in [6.45, 7) is 5.85. The quantitative estimate of drug-likeness (QED) is 0.656. The van der Waals surface area contributed by atoms with Crippen molar-refractivity contribution in [3.63, 3.8) is 0 Å². The Morgan fingerprint density at radius 2 is 2.00 bits per heavy atom. The SMILES string of the molecule is C/C=C/CC(NC(=O)Cc1ccc(OCc2c(C)noc2C)cc1)C(=O)O. The van der Waals surface area contributed by atoms with Crippen LogP contribution >= 0.6 is 0 Å². The molecule has 1 unspecified atom stereocenters. The van der Waals surface area contributed by atoms with Crippen LogP contribution < -0.4 is 10.1 Å². The molecule has 7 heteroatoms. The number of carbonyl (C=O) groups excluding carboxylic acids is 1. The predicted octanol–water partition coefficient (Wildman–Crippen LogP) is 2.95. The van der Waals surface area contributed by atoms with Crippen LogP contribution in [0.1, 0.15) is 35.9 Å². The van der Waals surface area contributed by atoms with Crippen LogP contribution in [0.4, 0.5) is 0 Å². The molecular weight excluding hydrogens is 348 g/mol. The molecule has 1 heterocycles. The first-order valence-electron chi connectivity index (χ1n) is 8.67. The summed E-state index contributed by atoms with van der Waals surface area (Å²) in [5, 5.41) is 15.6. The number of aryl methyl sites for hydroxylation is 2. The minimum atomic E-state index is -1.05. The molecule has 2 N–H and O–H groups in total. The Labute approximate surface area is 158 Å². The van der Waals surface area contributed by atoms with E-state index in [9.17, 15) is 9.59 Å². The lowest BCUT2D eigenvalue weighted by Gasteiger charge is -2.13. The van der Waals surface area contributed by atoms with Gasteiger partial charge in [-0.25, -0.2) is 4.79 Å². The second kappa shape index (κ2) is 9.56. The number of benzene rings is 1. The Morgan fingerprint density at radius 3 is 2.56 bits per heavy atom. The van der Waals surface area contributed by atoms with Gasteiger partial charge in [0.05, 0.1) is 17.7 Å². The fourth-order valence-electron chi connectivity index (χ4n) is 2.49. The highest BCUT2D eigenvalue weighted by Gasteiger charge is 2.18. The summed E-state index contributed by atoms with van der Waals surface area (Å²) in [5.41, 5.74) is 2.48. The van der Waals surface area contributed by atoms with Gasteiger partial charge in [-0.2, -0.15) is 0 Å². The number of rotatable bonds is 9. The van der Waals surface area contributed by atoms with Crippen molar-refractivity contribution in [1.29, 1.82) is 0 Å². The summed E-state index contributed by atoms with van der Waals surface area (Å²) in [7, 11) is 0. The molecule has 2 aromatic rings. The number of ether oxygens (including phenoxy) is 1. The molecule has 2 rings (SSSR count). The van der Waals surface area contributed by atoms with E-state index in [-0.39, 0.29) is 18.7 Å². The highest BCUT2D eigenvalue weighted by Crippen LogP contribution is 2.18. The van der Waals surface area contributed by atoms with Gasteiger partial charge < -0.3 is 19.7 Å². The fraction of sp³-hybridized carbons (Fsp3) is 0.350. The van der Waals surface area contributed by atoms with Gasteiger partial charge >= 0.3 is 5.97 Å².